The van der Waals surface area contributed by atoms with Gasteiger partial charge in [0.25, 0.3) is 5.91 Å². The summed E-state index contributed by atoms with van der Waals surface area (Å²) in [6.45, 7) is 0. The molecule has 2 rings (SSSR count). The minimum atomic E-state index is -0.179. The summed E-state index contributed by atoms with van der Waals surface area (Å²) in [6, 6.07) is 1.87. The third-order valence-corrected chi connectivity index (χ3v) is 2.77. The summed E-state index contributed by atoms with van der Waals surface area (Å²) in [4.78, 5) is 15.4. The fourth-order valence-corrected chi connectivity index (χ4v) is 1.44. The number of rotatable bonds is 2. The molecule has 1 aromatic heterocycles. The van der Waals surface area contributed by atoms with Gasteiger partial charge in [-0.1, -0.05) is 23.2 Å². The van der Waals surface area contributed by atoms with Crippen LogP contribution in [-0.4, -0.2) is 16.9 Å². The monoisotopic (exact) mass is 230 g/mol. The number of halogens is 2. The number of amides is 1. The summed E-state index contributed by atoms with van der Waals surface area (Å²) in [5, 5.41) is 3.21. The minimum absolute atomic E-state index is 0.162. The van der Waals surface area contributed by atoms with Crippen LogP contribution in [0, 0.1) is 0 Å². The number of carbonyl (C=O) groups is 1. The zero-order valence-corrected chi connectivity index (χ0v) is 8.77. The largest absolute Gasteiger partial charge is 0.349 e. The number of nitrogens with zero attached hydrogens (tertiary/aromatic N) is 1. The number of aromatic nitrogens is 1. The molecule has 14 heavy (non-hydrogen) atoms. The van der Waals surface area contributed by atoms with Crippen molar-refractivity contribution in [2.75, 3.05) is 0 Å². The second kappa shape index (κ2) is 3.75. The molecule has 5 heteroatoms. The second-order valence-corrected chi connectivity index (χ2v) is 3.95. The fourth-order valence-electron chi connectivity index (χ4n) is 1.08. The van der Waals surface area contributed by atoms with Gasteiger partial charge in [-0.15, -0.1) is 0 Å². The van der Waals surface area contributed by atoms with E-state index >= 15 is 0 Å². The highest BCUT2D eigenvalue weighted by molar-refractivity contribution is 6.43. The number of nitrogens with one attached hydrogen (secondary N) is 1. The highest BCUT2D eigenvalue weighted by atomic mass is 35.5. The van der Waals surface area contributed by atoms with Gasteiger partial charge in [-0.25, -0.2) is 4.98 Å². The first-order chi connectivity index (χ1) is 6.68. The van der Waals surface area contributed by atoms with Crippen LogP contribution in [0.25, 0.3) is 0 Å². The predicted molar refractivity (Wildman–Crippen MR) is 54.7 cm³/mol. The summed E-state index contributed by atoms with van der Waals surface area (Å²) in [5.74, 6) is -0.179. The molecule has 0 atom stereocenters. The predicted octanol–water partition coefficient (Wildman–Crippen LogP) is 2.28. The van der Waals surface area contributed by atoms with Crippen molar-refractivity contribution in [1.29, 1.82) is 0 Å². The van der Waals surface area contributed by atoms with E-state index in [2.05, 4.69) is 10.3 Å². The molecule has 74 valence electrons. The highest BCUT2D eigenvalue weighted by Gasteiger charge is 2.25. The van der Waals surface area contributed by atoms with E-state index < -0.39 is 0 Å². The van der Waals surface area contributed by atoms with E-state index in [0.29, 0.717) is 11.6 Å². The van der Waals surface area contributed by atoms with E-state index in [1.165, 1.54) is 6.20 Å². The van der Waals surface area contributed by atoms with Crippen molar-refractivity contribution in [2.45, 2.75) is 18.9 Å². The number of hydrogen-bond acceptors (Lipinski definition) is 2. The maximum absolute atomic E-state index is 11.6. The molecule has 0 unspecified atom stereocenters. The van der Waals surface area contributed by atoms with Gasteiger partial charge in [-0.2, -0.15) is 0 Å². The van der Waals surface area contributed by atoms with Gasteiger partial charge in [0, 0.05) is 12.2 Å². The number of pyridine rings is 1. The summed E-state index contributed by atoms with van der Waals surface area (Å²) in [7, 11) is 0. The molecule has 3 nitrogen and oxygen atoms in total. The van der Waals surface area contributed by atoms with E-state index in [1.807, 2.05) is 0 Å². The quantitative estimate of drug-likeness (QED) is 0.793. The average molecular weight is 231 g/mol. The van der Waals surface area contributed by atoms with Crippen LogP contribution in [0.2, 0.25) is 10.2 Å². The Morgan fingerprint density at radius 3 is 2.86 bits per heavy atom. The Balaban J connectivity index is 2.21. The first-order valence-electron chi connectivity index (χ1n) is 4.29. The van der Waals surface area contributed by atoms with Crippen molar-refractivity contribution in [3.05, 3.63) is 28.0 Å². The van der Waals surface area contributed by atoms with Crippen LogP contribution in [-0.2, 0) is 0 Å². The maximum atomic E-state index is 11.6. The Morgan fingerprint density at radius 1 is 1.50 bits per heavy atom. The van der Waals surface area contributed by atoms with Crippen LogP contribution in [0.5, 0.6) is 0 Å². The lowest BCUT2D eigenvalue weighted by molar-refractivity contribution is 0.0951. The van der Waals surface area contributed by atoms with Crippen LogP contribution < -0.4 is 5.32 Å². The Morgan fingerprint density at radius 2 is 2.21 bits per heavy atom. The first kappa shape index (κ1) is 9.74. The normalized spacial score (nSPS) is 15.3. The van der Waals surface area contributed by atoms with Crippen LogP contribution in [0.1, 0.15) is 23.2 Å². The van der Waals surface area contributed by atoms with Crippen LogP contribution >= 0.6 is 23.2 Å². The highest BCUT2D eigenvalue weighted by Crippen LogP contribution is 2.25. The molecule has 1 aromatic rings. The van der Waals surface area contributed by atoms with Crippen LogP contribution in [0.4, 0.5) is 0 Å². The molecule has 1 amide bonds. The maximum Gasteiger partial charge on any atom is 0.253 e. The molecular weight excluding hydrogens is 223 g/mol. The average Bonchev–Trinajstić information content (AvgIpc) is 2.93. The van der Waals surface area contributed by atoms with E-state index in [9.17, 15) is 4.79 Å². The standard InChI is InChI=1S/C9H8Cl2N2O/c10-7-6(3-4-12-8(7)11)9(14)13-5-1-2-5/h3-5H,1-2H2,(H,13,14). The summed E-state index contributed by atoms with van der Waals surface area (Å²) >= 11 is 11.5. The van der Waals surface area contributed by atoms with E-state index in [-0.39, 0.29) is 16.1 Å². The Labute approximate surface area is 91.4 Å². The molecule has 0 saturated heterocycles. The van der Waals surface area contributed by atoms with E-state index in [0.717, 1.165) is 12.8 Å². The Bertz CT molecular complexity index is 377. The molecule has 1 heterocycles. The molecule has 0 aliphatic heterocycles. The van der Waals surface area contributed by atoms with Crippen molar-refractivity contribution < 1.29 is 4.79 Å². The number of carbonyl (C=O) groups excluding carboxylic acids is 1. The van der Waals surface area contributed by atoms with Gasteiger partial charge < -0.3 is 5.32 Å². The third-order valence-electron chi connectivity index (χ3n) is 2.00. The second-order valence-electron chi connectivity index (χ2n) is 3.21. The van der Waals surface area contributed by atoms with Gasteiger partial charge in [-0.05, 0) is 18.9 Å². The SMILES string of the molecule is O=C(NC1CC1)c1ccnc(Cl)c1Cl. The molecule has 0 radical (unpaired) electrons. The summed E-state index contributed by atoms with van der Waals surface area (Å²) in [5.41, 5.74) is 0.388. The third kappa shape index (κ3) is 1.99. The van der Waals surface area contributed by atoms with Gasteiger partial charge >= 0.3 is 0 Å². The summed E-state index contributed by atoms with van der Waals surface area (Å²) in [6.07, 6.45) is 3.56. The molecule has 1 saturated carbocycles. The van der Waals surface area contributed by atoms with Gasteiger partial charge in [0.05, 0.1) is 10.6 Å². The van der Waals surface area contributed by atoms with Crippen LogP contribution in [0.3, 0.4) is 0 Å². The Kier molecular flexibility index (Phi) is 2.61. The fraction of sp³-hybridized carbons (Fsp3) is 0.333. The van der Waals surface area contributed by atoms with Gasteiger partial charge in [0.1, 0.15) is 5.15 Å². The smallest absolute Gasteiger partial charge is 0.253 e. The molecule has 0 spiro atoms. The van der Waals surface area contributed by atoms with Crippen molar-refractivity contribution in [1.82, 2.24) is 10.3 Å². The molecular formula is C9H8Cl2N2O. The topological polar surface area (TPSA) is 42.0 Å². The van der Waals surface area contributed by atoms with Crippen molar-refractivity contribution in [3.63, 3.8) is 0 Å². The lowest BCUT2D eigenvalue weighted by Crippen LogP contribution is -2.25. The van der Waals surface area contributed by atoms with Crippen molar-refractivity contribution in [2.24, 2.45) is 0 Å². The van der Waals surface area contributed by atoms with E-state index in [1.54, 1.807) is 6.07 Å². The Hall–Kier alpha value is -0.800. The summed E-state index contributed by atoms with van der Waals surface area (Å²) < 4.78 is 0. The van der Waals surface area contributed by atoms with Crippen molar-refractivity contribution in [3.8, 4) is 0 Å². The zero-order chi connectivity index (χ0) is 10.1. The number of hydrogen-bond donors (Lipinski definition) is 1. The van der Waals surface area contributed by atoms with Gasteiger partial charge in [0.15, 0.2) is 0 Å². The van der Waals surface area contributed by atoms with Gasteiger partial charge in [0.2, 0.25) is 0 Å². The first-order valence-corrected chi connectivity index (χ1v) is 5.05. The molecule has 1 N–H and O–H groups in total. The lowest BCUT2D eigenvalue weighted by Gasteiger charge is -2.05. The lowest BCUT2D eigenvalue weighted by atomic mass is 10.2. The van der Waals surface area contributed by atoms with Crippen LogP contribution in [0.15, 0.2) is 12.3 Å². The molecule has 1 aliphatic carbocycles. The molecule has 1 fully saturated rings. The molecule has 1 aliphatic rings. The van der Waals surface area contributed by atoms with Gasteiger partial charge in [-0.3, -0.25) is 4.79 Å². The zero-order valence-electron chi connectivity index (χ0n) is 7.26. The van der Waals surface area contributed by atoms with Crippen molar-refractivity contribution >= 4 is 29.1 Å². The molecule has 0 aromatic carbocycles. The van der Waals surface area contributed by atoms with E-state index in [4.69, 9.17) is 23.2 Å². The molecule has 0 bridgehead atoms. The minimum Gasteiger partial charge on any atom is -0.349 e.